The first kappa shape index (κ1) is 16.7. The lowest BCUT2D eigenvalue weighted by Crippen LogP contribution is -2.44. The predicted octanol–water partition coefficient (Wildman–Crippen LogP) is 0.646. The highest BCUT2D eigenvalue weighted by Crippen LogP contribution is 2.26. The van der Waals surface area contributed by atoms with Crippen LogP contribution < -0.4 is 11.1 Å². The SMILES string of the molecule is CN(C)C1CCN(CCNC(=O)C[C@@H]2CCC[C@H]2N)CC1. The van der Waals surface area contributed by atoms with Crippen LogP contribution >= 0.6 is 0 Å². The largest absolute Gasteiger partial charge is 0.355 e. The second kappa shape index (κ2) is 8.11. The van der Waals surface area contributed by atoms with Gasteiger partial charge in [0.05, 0.1) is 0 Å². The van der Waals surface area contributed by atoms with Crippen LogP contribution in [0.3, 0.4) is 0 Å². The number of nitrogens with zero attached hydrogens (tertiary/aromatic N) is 2. The molecule has 0 unspecified atom stereocenters. The van der Waals surface area contributed by atoms with E-state index in [4.69, 9.17) is 5.73 Å². The van der Waals surface area contributed by atoms with Crippen LogP contribution in [0.5, 0.6) is 0 Å². The minimum Gasteiger partial charge on any atom is -0.355 e. The number of nitrogens with one attached hydrogen (secondary N) is 1. The molecule has 5 nitrogen and oxygen atoms in total. The Morgan fingerprint density at radius 2 is 1.95 bits per heavy atom. The van der Waals surface area contributed by atoms with E-state index in [0.717, 1.165) is 45.1 Å². The van der Waals surface area contributed by atoms with E-state index in [-0.39, 0.29) is 11.9 Å². The quantitative estimate of drug-likeness (QED) is 0.755. The summed E-state index contributed by atoms with van der Waals surface area (Å²) >= 11 is 0. The zero-order chi connectivity index (χ0) is 15.2. The van der Waals surface area contributed by atoms with E-state index in [1.165, 1.54) is 19.3 Å². The van der Waals surface area contributed by atoms with Crippen molar-refractivity contribution in [2.24, 2.45) is 11.7 Å². The fourth-order valence-corrected chi connectivity index (χ4v) is 3.64. The summed E-state index contributed by atoms with van der Waals surface area (Å²) in [5.41, 5.74) is 6.02. The van der Waals surface area contributed by atoms with Gasteiger partial charge in [-0.25, -0.2) is 0 Å². The molecule has 5 heteroatoms. The zero-order valence-electron chi connectivity index (χ0n) is 13.7. The Morgan fingerprint density at radius 3 is 2.52 bits per heavy atom. The number of piperidine rings is 1. The van der Waals surface area contributed by atoms with Gasteiger partial charge in [-0.1, -0.05) is 6.42 Å². The van der Waals surface area contributed by atoms with Gasteiger partial charge in [0, 0.05) is 31.6 Å². The highest BCUT2D eigenvalue weighted by Gasteiger charge is 2.26. The first-order valence-corrected chi connectivity index (χ1v) is 8.47. The van der Waals surface area contributed by atoms with Crippen molar-refractivity contribution in [2.45, 2.75) is 50.6 Å². The van der Waals surface area contributed by atoms with Crippen LogP contribution in [0.1, 0.15) is 38.5 Å². The molecule has 0 aromatic carbocycles. The maximum atomic E-state index is 11.9. The van der Waals surface area contributed by atoms with Crippen LogP contribution in [-0.4, -0.2) is 68.1 Å². The molecule has 2 atom stereocenters. The standard InChI is InChI=1S/C16H32N4O/c1-19(2)14-6-9-20(10-7-14)11-8-18-16(21)12-13-4-3-5-15(13)17/h13-15H,3-12,17H2,1-2H3,(H,18,21)/t13-,15+/m0/s1. The predicted molar refractivity (Wildman–Crippen MR) is 86.1 cm³/mol. The van der Waals surface area contributed by atoms with Crippen molar-refractivity contribution in [3.8, 4) is 0 Å². The van der Waals surface area contributed by atoms with E-state index < -0.39 is 0 Å². The summed E-state index contributed by atoms with van der Waals surface area (Å²) in [7, 11) is 4.32. The van der Waals surface area contributed by atoms with E-state index in [0.29, 0.717) is 12.3 Å². The lowest BCUT2D eigenvalue weighted by molar-refractivity contribution is -0.122. The van der Waals surface area contributed by atoms with Gasteiger partial charge in [0.2, 0.25) is 5.91 Å². The number of rotatable bonds is 6. The highest BCUT2D eigenvalue weighted by atomic mass is 16.1. The molecule has 1 saturated carbocycles. The van der Waals surface area contributed by atoms with E-state index >= 15 is 0 Å². The maximum Gasteiger partial charge on any atom is 0.220 e. The van der Waals surface area contributed by atoms with Crippen LogP contribution in [-0.2, 0) is 4.79 Å². The third kappa shape index (κ3) is 5.24. The normalized spacial score (nSPS) is 28.2. The van der Waals surface area contributed by atoms with Crippen LogP contribution in [0.25, 0.3) is 0 Å². The number of hydrogen-bond acceptors (Lipinski definition) is 4. The van der Waals surface area contributed by atoms with Crippen molar-refractivity contribution >= 4 is 5.91 Å². The van der Waals surface area contributed by atoms with Gasteiger partial charge < -0.3 is 20.9 Å². The summed E-state index contributed by atoms with van der Waals surface area (Å²) in [5, 5.41) is 3.06. The molecule has 0 bridgehead atoms. The average Bonchev–Trinajstić information content (AvgIpc) is 2.85. The Balaban J connectivity index is 1.56. The van der Waals surface area contributed by atoms with E-state index in [2.05, 4.69) is 29.2 Å². The van der Waals surface area contributed by atoms with Crippen molar-refractivity contribution in [1.82, 2.24) is 15.1 Å². The second-order valence-corrected chi connectivity index (χ2v) is 6.95. The van der Waals surface area contributed by atoms with Gasteiger partial charge in [-0.05, 0) is 58.8 Å². The van der Waals surface area contributed by atoms with Crippen molar-refractivity contribution in [3.63, 3.8) is 0 Å². The summed E-state index contributed by atoms with van der Waals surface area (Å²) in [6.07, 6.45) is 6.46. The Morgan fingerprint density at radius 1 is 1.24 bits per heavy atom. The molecule has 3 N–H and O–H groups in total. The molecule has 122 valence electrons. The summed E-state index contributed by atoms with van der Waals surface area (Å²) in [6, 6.07) is 0.959. The first-order valence-electron chi connectivity index (χ1n) is 8.47. The maximum absolute atomic E-state index is 11.9. The number of carbonyl (C=O) groups excluding carboxylic acids is 1. The van der Waals surface area contributed by atoms with Crippen LogP contribution in [0.15, 0.2) is 0 Å². The topological polar surface area (TPSA) is 61.6 Å². The van der Waals surface area contributed by atoms with Crippen LogP contribution in [0.2, 0.25) is 0 Å². The molecule has 1 heterocycles. The second-order valence-electron chi connectivity index (χ2n) is 6.95. The van der Waals surface area contributed by atoms with Gasteiger partial charge in [-0.3, -0.25) is 4.79 Å². The molecule has 0 spiro atoms. The molecule has 21 heavy (non-hydrogen) atoms. The smallest absolute Gasteiger partial charge is 0.220 e. The molecule has 1 saturated heterocycles. The first-order chi connectivity index (χ1) is 10.1. The molecule has 1 aliphatic heterocycles. The fourth-order valence-electron chi connectivity index (χ4n) is 3.64. The Kier molecular flexibility index (Phi) is 6.45. The van der Waals surface area contributed by atoms with Crippen molar-refractivity contribution in [2.75, 3.05) is 40.3 Å². The third-order valence-electron chi connectivity index (χ3n) is 5.20. The summed E-state index contributed by atoms with van der Waals surface area (Å²) in [4.78, 5) is 16.7. The van der Waals surface area contributed by atoms with Gasteiger partial charge in [0.25, 0.3) is 0 Å². The minimum absolute atomic E-state index is 0.181. The molecule has 2 aliphatic rings. The number of amides is 1. The summed E-state index contributed by atoms with van der Waals surface area (Å²) in [5.74, 6) is 0.585. The third-order valence-corrected chi connectivity index (χ3v) is 5.20. The Hall–Kier alpha value is -0.650. The lowest BCUT2D eigenvalue weighted by atomic mass is 10.00. The minimum atomic E-state index is 0.181. The van der Waals surface area contributed by atoms with Crippen LogP contribution in [0, 0.1) is 5.92 Å². The molecular formula is C16H32N4O. The molecule has 2 rings (SSSR count). The van der Waals surface area contributed by atoms with E-state index in [1.807, 2.05) is 0 Å². The van der Waals surface area contributed by atoms with Gasteiger partial charge in [0.15, 0.2) is 0 Å². The van der Waals surface area contributed by atoms with Crippen LogP contribution in [0.4, 0.5) is 0 Å². The monoisotopic (exact) mass is 296 g/mol. The number of likely N-dealkylation sites (tertiary alicyclic amines) is 1. The molecule has 0 radical (unpaired) electrons. The van der Waals surface area contributed by atoms with Gasteiger partial charge >= 0.3 is 0 Å². The zero-order valence-corrected chi connectivity index (χ0v) is 13.7. The van der Waals surface area contributed by atoms with Gasteiger partial charge in [0.1, 0.15) is 0 Å². The van der Waals surface area contributed by atoms with Crippen molar-refractivity contribution < 1.29 is 4.79 Å². The molecular weight excluding hydrogens is 264 g/mol. The molecule has 0 aromatic heterocycles. The van der Waals surface area contributed by atoms with Gasteiger partial charge in [-0.2, -0.15) is 0 Å². The summed E-state index contributed by atoms with van der Waals surface area (Å²) < 4.78 is 0. The highest BCUT2D eigenvalue weighted by molar-refractivity contribution is 5.76. The van der Waals surface area contributed by atoms with E-state index in [9.17, 15) is 4.79 Å². The van der Waals surface area contributed by atoms with E-state index in [1.54, 1.807) is 0 Å². The molecule has 1 amide bonds. The summed E-state index contributed by atoms with van der Waals surface area (Å²) in [6.45, 7) is 4.04. The average molecular weight is 296 g/mol. The van der Waals surface area contributed by atoms with Gasteiger partial charge in [-0.15, -0.1) is 0 Å². The molecule has 1 aliphatic carbocycles. The van der Waals surface area contributed by atoms with Crippen molar-refractivity contribution in [1.29, 1.82) is 0 Å². The molecule has 2 fully saturated rings. The lowest BCUT2D eigenvalue weighted by Gasteiger charge is -2.35. The number of nitrogens with two attached hydrogens (primary N) is 1. The number of carbonyl (C=O) groups is 1. The van der Waals surface area contributed by atoms with Crippen molar-refractivity contribution in [3.05, 3.63) is 0 Å². The Labute approximate surface area is 129 Å². The molecule has 0 aromatic rings. The Bertz CT molecular complexity index is 326. The number of hydrogen-bond donors (Lipinski definition) is 2. The fraction of sp³-hybridized carbons (Fsp3) is 0.938.